The first kappa shape index (κ1) is 11.0. The molecule has 1 aromatic carbocycles. The second-order valence-corrected chi connectivity index (χ2v) is 2.75. The first-order chi connectivity index (χ1) is 5.72. The predicted molar refractivity (Wildman–Crippen MR) is 56.4 cm³/mol. The summed E-state index contributed by atoms with van der Waals surface area (Å²) in [5, 5.41) is 0. The van der Waals surface area contributed by atoms with Gasteiger partial charge in [-0.2, -0.15) is 0 Å². The van der Waals surface area contributed by atoms with E-state index in [0.717, 1.165) is 0 Å². The molecule has 0 saturated heterocycles. The molecule has 0 radical (unpaired) electrons. The molecule has 0 heteroatoms. The number of rotatable bonds is 0. The van der Waals surface area contributed by atoms with Crippen molar-refractivity contribution in [3.8, 4) is 0 Å². The van der Waals surface area contributed by atoms with Gasteiger partial charge in [0.05, 0.1) is 0 Å². The highest BCUT2D eigenvalue weighted by Gasteiger charge is 1.83. The maximum absolute atomic E-state index is 2.12. The number of hydrogen-bond acceptors (Lipinski definition) is 0. The molecule has 0 aliphatic heterocycles. The van der Waals surface area contributed by atoms with Crippen LogP contribution in [0.3, 0.4) is 0 Å². The molecule has 0 aliphatic rings. The van der Waals surface area contributed by atoms with Crippen LogP contribution in [-0.4, -0.2) is 0 Å². The second-order valence-electron chi connectivity index (χ2n) is 2.75. The summed E-state index contributed by atoms with van der Waals surface area (Å²) in [6.07, 6.45) is 4.00. The molecule has 12 heavy (non-hydrogen) atoms. The topological polar surface area (TPSA) is 0 Å². The van der Waals surface area contributed by atoms with Gasteiger partial charge in [0, 0.05) is 0 Å². The lowest BCUT2D eigenvalue weighted by atomic mass is 10.1. The van der Waals surface area contributed by atoms with Gasteiger partial charge >= 0.3 is 0 Å². The molecule has 0 bridgehead atoms. The van der Waals surface area contributed by atoms with Crippen LogP contribution in [0.5, 0.6) is 0 Å². The SMILES string of the molecule is C/C=C\C.Cc1ccccc1C. The summed E-state index contributed by atoms with van der Waals surface area (Å²) in [5.74, 6) is 0. The second kappa shape index (κ2) is 6.66. The highest BCUT2D eigenvalue weighted by molar-refractivity contribution is 5.23. The molecule has 0 aromatic heterocycles. The van der Waals surface area contributed by atoms with Crippen molar-refractivity contribution in [3.63, 3.8) is 0 Å². The lowest BCUT2D eigenvalue weighted by Crippen LogP contribution is -1.74. The Hall–Kier alpha value is -1.04. The number of aryl methyl sites for hydroxylation is 2. The number of benzene rings is 1. The summed E-state index contributed by atoms with van der Waals surface area (Å²) in [6, 6.07) is 8.36. The monoisotopic (exact) mass is 162 g/mol. The summed E-state index contributed by atoms with van der Waals surface area (Å²) in [7, 11) is 0. The van der Waals surface area contributed by atoms with Gasteiger partial charge in [0.2, 0.25) is 0 Å². The first-order valence-electron chi connectivity index (χ1n) is 4.32. The van der Waals surface area contributed by atoms with Gasteiger partial charge in [-0.1, -0.05) is 36.4 Å². The average Bonchev–Trinajstić information content (AvgIpc) is 2.11. The van der Waals surface area contributed by atoms with Crippen molar-refractivity contribution in [2.75, 3.05) is 0 Å². The van der Waals surface area contributed by atoms with Crippen LogP contribution >= 0.6 is 0 Å². The van der Waals surface area contributed by atoms with Crippen LogP contribution in [0.2, 0.25) is 0 Å². The Morgan fingerprint density at radius 3 is 1.33 bits per heavy atom. The van der Waals surface area contributed by atoms with E-state index in [1.807, 2.05) is 26.0 Å². The number of hydrogen-bond donors (Lipinski definition) is 0. The fourth-order valence-electron chi connectivity index (χ4n) is 0.663. The molecular weight excluding hydrogens is 144 g/mol. The van der Waals surface area contributed by atoms with Gasteiger partial charge in [0.15, 0.2) is 0 Å². The van der Waals surface area contributed by atoms with Gasteiger partial charge in [-0.05, 0) is 38.8 Å². The Morgan fingerprint density at radius 2 is 1.17 bits per heavy atom. The number of allylic oxidation sites excluding steroid dienone is 2. The van der Waals surface area contributed by atoms with Gasteiger partial charge in [-0.15, -0.1) is 0 Å². The molecule has 66 valence electrons. The molecule has 0 unspecified atom stereocenters. The Morgan fingerprint density at radius 1 is 0.833 bits per heavy atom. The van der Waals surface area contributed by atoms with E-state index in [4.69, 9.17) is 0 Å². The van der Waals surface area contributed by atoms with Gasteiger partial charge in [-0.3, -0.25) is 0 Å². The van der Waals surface area contributed by atoms with Crippen LogP contribution in [0.1, 0.15) is 25.0 Å². The minimum absolute atomic E-state index is 1.37. The van der Waals surface area contributed by atoms with Crippen LogP contribution in [0.15, 0.2) is 36.4 Å². The van der Waals surface area contributed by atoms with Crippen molar-refractivity contribution in [1.82, 2.24) is 0 Å². The van der Waals surface area contributed by atoms with E-state index >= 15 is 0 Å². The molecule has 0 amide bonds. The highest BCUT2D eigenvalue weighted by atomic mass is 13.9. The van der Waals surface area contributed by atoms with Crippen molar-refractivity contribution in [2.24, 2.45) is 0 Å². The van der Waals surface area contributed by atoms with Crippen LogP contribution in [0, 0.1) is 13.8 Å². The fraction of sp³-hybridized carbons (Fsp3) is 0.333. The first-order valence-corrected chi connectivity index (χ1v) is 4.32. The van der Waals surface area contributed by atoms with Gasteiger partial charge in [0.25, 0.3) is 0 Å². The molecule has 0 fully saturated rings. The normalized spacial score (nSPS) is 9.33. The van der Waals surface area contributed by atoms with E-state index in [1.54, 1.807) is 0 Å². The van der Waals surface area contributed by atoms with E-state index in [0.29, 0.717) is 0 Å². The minimum atomic E-state index is 1.37. The highest BCUT2D eigenvalue weighted by Crippen LogP contribution is 2.02. The lowest BCUT2D eigenvalue weighted by Gasteiger charge is -1.93. The van der Waals surface area contributed by atoms with Crippen molar-refractivity contribution in [2.45, 2.75) is 27.7 Å². The Bertz CT molecular complexity index is 209. The third-order valence-corrected chi connectivity index (χ3v) is 1.76. The molecule has 0 nitrogen and oxygen atoms in total. The molecule has 0 spiro atoms. The quantitative estimate of drug-likeness (QED) is 0.508. The molecule has 1 aromatic rings. The molecular formula is C12H18. The van der Waals surface area contributed by atoms with Gasteiger partial charge in [0.1, 0.15) is 0 Å². The van der Waals surface area contributed by atoms with Crippen LogP contribution < -0.4 is 0 Å². The lowest BCUT2D eigenvalue weighted by molar-refractivity contribution is 1.34. The Labute approximate surface area is 75.9 Å². The van der Waals surface area contributed by atoms with E-state index in [1.165, 1.54) is 11.1 Å². The molecule has 0 heterocycles. The third-order valence-electron chi connectivity index (χ3n) is 1.76. The van der Waals surface area contributed by atoms with Crippen LogP contribution in [-0.2, 0) is 0 Å². The summed E-state index contributed by atoms with van der Waals surface area (Å²) >= 11 is 0. The molecule has 0 N–H and O–H groups in total. The summed E-state index contributed by atoms with van der Waals surface area (Å²) in [4.78, 5) is 0. The third kappa shape index (κ3) is 4.73. The van der Waals surface area contributed by atoms with Crippen molar-refractivity contribution >= 4 is 0 Å². The van der Waals surface area contributed by atoms with Crippen molar-refractivity contribution in [1.29, 1.82) is 0 Å². The summed E-state index contributed by atoms with van der Waals surface area (Å²) in [6.45, 7) is 8.24. The van der Waals surface area contributed by atoms with Gasteiger partial charge < -0.3 is 0 Å². The van der Waals surface area contributed by atoms with Crippen molar-refractivity contribution < 1.29 is 0 Å². The zero-order valence-corrected chi connectivity index (χ0v) is 8.46. The van der Waals surface area contributed by atoms with E-state index in [9.17, 15) is 0 Å². The maximum atomic E-state index is 2.12. The Kier molecular flexibility index (Phi) is 6.08. The summed E-state index contributed by atoms with van der Waals surface area (Å²) in [5.41, 5.74) is 2.74. The van der Waals surface area contributed by atoms with Crippen LogP contribution in [0.4, 0.5) is 0 Å². The van der Waals surface area contributed by atoms with Crippen LogP contribution in [0.25, 0.3) is 0 Å². The largest absolute Gasteiger partial charge is 0.0919 e. The van der Waals surface area contributed by atoms with E-state index < -0.39 is 0 Å². The van der Waals surface area contributed by atoms with Gasteiger partial charge in [-0.25, -0.2) is 0 Å². The van der Waals surface area contributed by atoms with E-state index in [-0.39, 0.29) is 0 Å². The standard InChI is InChI=1S/C8H10.C4H8/c1-7-5-3-4-6-8(7)2;1-3-4-2/h3-6H,1-2H3;3-4H,1-2H3/b;4-3-. The molecule has 0 atom stereocenters. The van der Waals surface area contributed by atoms with E-state index in [2.05, 4.69) is 38.1 Å². The minimum Gasteiger partial charge on any atom is -0.0919 e. The zero-order chi connectivity index (χ0) is 9.40. The average molecular weight is 162 g/mol. The summed E-state index contributed by atoms with van der Waals surface area (Å²) < 4.78 is 0. The predicted octanol–water partition coefficient (Wildman–Crippen LogP) is 3.89. The smallest absolute Gasteiger partial charge is 0.0395 e. The molecule has 0 saturated carbocycles. The Balaban J connectivity index is 0.000000261. The van der Waals surface area contributed by atoms with Crippen molar-refractivity contribution in [3.05, 3.63) is 47.5 Å². The molecule has 1 rings (SSSR count). The zero-order valence-electron chi connectivity index (χ0n) is 8.46. The molecule has 0 aliphatic carbocycles. The maximum Gasteiger partial charge on any atom is -0.0395 e. The fourth-order valence-corrected chi connectivity index (χ4v) is 0.663.